The minimum atomic E-state index is -0.274. The predicted octanol–water partition coefficient (Wildman–Crippen LogP) is 2.26. The van der Waals surface area contributed by atoms with Crippen molar-refractivity contribution in [3.8, 4) is 5.75 Å². The predicted molar refractivity (Wildman–Crippen MR) is 115 cm³/mol. The Balaban J connectivity index is 1.71. The number of carbonyl (C=O) groups is 2. The molecule has 0 spiro atoms. The molecule has 2 amide bonds. The summed E-state index contributed by atoms with van der Waals surface area (Å²) in [4.78, 5) is 35.1. The molecule has 0 unspecified atom stereocenters. The average Bonchev–Trinajstić information content (AvgIpc) is 3.05. The number of fused-ring (bicyclic) bond motifs is 2. The molecule has 0 radical (unpaired) electrons. The van der Waals surface area contributed by atoms with E-state index in [-0.39, 0.29) is 11.8 Å². The van der Waals surface area contributed by atoms with Gasteiger partial charge in [-0.1, -0.05) is 11.6 Å². The SMILES string of the molecule is CN1CCNC(=O)CCCOc2cc(ccc2Cl)N/C=C2\C(=O)Nc3ncnc1c32. The third kappa shape index (κ3) is 4.16. The summed E-state index contributed by atoms with van der Waals surface area (Å²) in [6, 6.07) is 5.25. The highest BCUT2D eigenvalue weighted by Crippen LogP contribution is 2.36. The molecule has 2 aliphatic heterocycles. The molecule has 4 rings (SSSR count). The first-order valence-corrected chi connectivity index (χ1v) is 9.94. The number of aromatic nitrogens is 2. The smallest absolute Gasteiger partial charge is 0.259 e. The molecule has 3 N–H and O–H groups in total. The van der Waals surface area contributed by atoms with Gasteiger partial charge in [0.2, 0.25) is 5.91 Å². The van der Waals surface area contributed by atoms with E-state index < -0.39 is 0 Å². The number of nitrogens with zero attached hydrogens (tertiary/aromatic N) is 3. The van der Waals surface area contributed by atoms with Gasteiger partial charge in [-0.2, -0.15) is 0 Å². The summed E-state index contributed by atoms with van der Waals surface area (Å²) in [7, 11) is 1.86. The highest BCUT2D eigenvalue weighted by Gasteiger charge is 2.30. The number of hydrogen-bond acceptors (Lipinski definition) is 7. The monoisotopic (exact) mass is 428 g/mol. The molecule has 3 heterocycles. The van der Waals surface area contributed by atoms with Gasteiger partial charge in [-0.3, -0.25) is 9.59 Å². The third-order valence-corrected chi connectivity index (χ3v) is 5.14. The maximum Gasteiger partial charge on any atom is 0.259 e. The second-order valence-electron chi connectivity index (χ2n) is 6.95. The number of amides is 2. The first-order valence-electron chi connectivity index (χ1n) is 9.56. The molecule has 0 atom stereocenters. The molecule has 0 aliphatic carbocycles. The van der Waals surface area contributed by atoms with Gasteiger partial charge in [0.25, 0.3) is 5.91 Å². The summed E-state index contributed by atoms with van der Waals surface area (Å²) < 4.78 is 5.73. The lowest BCUT2D eigenvalue weighted by atomic mass is 10.1. The van der Waals surface area contributed by atoms with Gasteiger partial charge in [-0.25, -0.2) is 9.97 Å². The van der Waals surface area contributed by atoms with Gasteiger partial charge in [0.1, 0.15) is 23.7 Å². The number of ether oxygens (including phenoxy) is 1. The topological polar surface area (TPSA) is 108 Å². The van der Waals surface area contributed by atoms with Crippen LogP contribution in [0.4, 0.5) is 17.3 Å². The van der Waals surface area contributed by atoms with E-state index in [9.17, 15) is 9.59 Å². The van der Waals surface area contributed by atoms with E-state index in [1.807, 2.05) is 11.9 Å². The average molecular weight is 429 g/mol. The van der Waals surface area contributed by atoms with Crippen LogP contribution in [0.2, 0.25) is 5.02 Å². The summed E-state index contributed by atoms with van der Waals surface area (Å²) >= 11 is 6.22. The Kier molecular flexibility index (Phi) is 5.71. The fourth-order valence-corrected chi connectivity index (χ4v) is 3.44. The van der Waals surface area contributed by atoms with Crippen molar-refractivity contribution in [3.05, 3.63) is 41.3 Å². The highest BCUT2D eigenvalue weighted by atomic mass is 35.5. The quantitative estimate of drug-likeness (QED) is 0.590. The third-order valence-electron chi connectivity index (χ3n) is 4.82. The number of anilines is 3. The molecule has 10 heteroatoms. The first kappa shape index (κ1) is 20.0. The molecule has 156 valence electrons. The van der Waals surface area contributed by atoms with Crippen LogP contribution in [0.1, 0.15) is 18.4 Å². The minimum absolute atomic E-state index is 0.0526. The maximum absolute atomic E-state index is 12.6. The van der Waals surface area contributed by atoms with Gasteiger partial charge in [0.15, 0.2) is 0 Å². The van der Waals surface area contributed by atoms with E-state index in [2.05, 4.69) is 25.9 Å². The molecular weight excluding hydrogens is 408 g/mol. The molecule has 0 saturated heterocycles. The number of benzene rings is 1. The number of rotatable bonds is 0. The Labute approximate surface area is 178 Å². The van der Waals surface area contributed by atoms with Crippen molar-refractivity contribution < 1.29 is 14.3 Å². The van der Waals surface area contributed by atoms with Crippen molar-refractivity contribution in [2.24, 2.45) is 0 Å². The number of nitrogens with one attached hydrogen (secondary N) is 3. The number of halogens is 1. The van der Waals surface area contributed by atoms with Crippen LogP contribution in [-0.2, 0) is 9.59 Å². The second-order valence-corrected chi connectivity index (χ2v) is 7.35. The lowest BCUT2D eigenvalue weighted by molar-refractivity contribution is -0.121. The molecule has 2 aliphatic rings. The van der Waals surface area contributed by atoms with Crippen molar-refractivity contribution in [1.29, 1.82) is 0 Å². The van der Waals surface area contributed by atoms with Gasteiger partial charge < -0.3 is 25.6 Å². The van der Waals surface area contributed by atoms with Crippen molar-refractivity contribution in [3.63, 3.8) is 0 Å². The fraction of sp³-hybridized carbons (Fsp3) is 0.300. The largest absolute Gasteiger partial charge is 0.492 e. The molecular formula is C20H21ClN6O3. The Morgan fingerprint density at radius 2 is 2.10 bits per heavy atom. The fourth-order valence-electron chi connectivity index (χ4n) is 3.27. The van der Waals surface area contributed by atoms with Gasteiger partial charge in [0.05, 0.1) is 22.8 Å². The number of carbonyl (C=O) groups excluding carboxylic acids is 2. The Hall–Kier alpha value is -3.33. The van der Waals surface area contributed by atoms with Crippen molar-refractivity contribution in [2.45, 2.75) is 12.8 Å². The summed E-state index contributed by atoms with van der Waals surface area (Å²) in [6.45, 7) is 1.33. The van der Waals surface area contributed by atoms with Crippen molar-refractivity contribution in [1.82, 2.24) is 15.3 Å². The van der Waals surface area contributed by atoms with Crippen LogP contribution in [0.5, 0.6) is 5.75 Å². The number of hydrogen-bond donors (Lipinski definition) is 3. The van der Waals surface area contributed by atoms with Gasteiger partial charge in [-0.05, 0) is 18.6 Å². The van der Waals surface area contributed by atoms with E-state index in [1.165, 1.54) is 6.33 Å². The van der Waals surface area contributed by atoms with Gasteiger partial charge in [0, 0.05) is 44.5 Å². The first-order chi connectivity index (χ1) is 14.5. The number of likely N-dealkylation sites (N-methyl/N-ethyl adjacent to an activating group) is 1. The Morgan fingerprint density at radius 3 is 2.97 bits per heavy atom. The van der Waals surface area contributed by atoms with Crippen LogP contribution in [0, 0.1) is 0 Å². The molecule has 0 saturated carbocycles. The lowest BCUT2D eigenvalue weighted by Gasteiger charge is -2.20. The van der Waals surface area contributed by atoms with E-state index in [4.69, 9.17) is 16.3 Å². The normalized spacial score (nSPS) is 18.7. The minimum Gasteiger partial charge on any atom is -0.492 e. The summed E-state index contributed by atoms with van der Waals surface area (Å²) in [6.07, 6.45) is 3.95. The van der Waals surface area contributed by atoms with Crippen LogP contribution in [0.25, 0.3) is 5.57 Å². The van der Waals surface area contributed by atoms with E-state index in [0.29, 0.717) is 71.8 Å². The van der Waals surface area contributed by atoms with Crippen LogP contribution in [0.3, 0.4) is 0 Å². The van der Waals surface area contributed by atoms with Crippen LogP contribution < -0.4 is 25.6 Å². The molecule has 9 nitrogen and oxygen atoms in total. The second kappa shape index (κ2) is 8.58. The van der Waals surface area contributed by atoms with E-state index in [1.54, 1.807) is 24.4 Å². The Morgan fingerprint density at radius 1 is 1.23 bits per heavy atom. The van der Waals surface area contributed by atoms with Gasteiger partial charge in [-0.15, -0.1) is 0 Å². The molecule has 1 aromatic heterocycles. The zero-order valence-corrected chi connectivity index (χ0v) is 17.1. The summed E-state index contributed by atoms with van der Waals surface area (Å²) in [5.74, 6) is 1.23. The zero-order valence-electron chi connectivity index (χ0n) is 16.4. The zero-order chi connectivity index (χ0) is 21.1. The standard InChI is InChI=1S/C20H21ClN6O3/c1-27-7-6-22-16(28)3-2-8-30-15-9-12(4-5-14(15)21)23-10-13-17-18(26-20(13)29)24-11-25-19(17)27/h4-5,9-11,23H,2-3,6-8H2,1H3,(H,22,28)(H,24,25,26,29)/b13-10-. The van der Waals surface area contributed by atoms with Gasteiger partial charge >= 0.3 is 0 Å². The summed E-state index contributed by atoms with van der Waals surface area (Å²) in [5.41, 5.74) is 1.73. The van der Waals surface area contributed by atoms with Crippen LogP contribution in [-0.4, -0.2) is 48.5 Å². The molecule has 1 aromatic carbocycles. The van der Waals surface area contributed by atoms with Crippen molar-refractivity contribution >= 4 is 46.3 Å². The molecule has 2 aromatic rings. The Bertz CT molecular complexity index is 1030. The van der Waals surface area contributed by atoms with Crippen LogP contribution >= 0.6 is 11.6 Å². The van der Waals surface area contributed by atoms with E-state index in [0.717, 1.165) is 0 Å². The summed E-state index contributed by atoms with van der Waals surface area (Å²) in [5, 5.41) is 9.25. The van der Waals surface area contributed by atoms with Crippen molar-refractivity contribution in [2.75, 3.05) is 42.3 Å². The molecule has 0 fully saturated rings. The van der Waals surface area contributed by atoms with Crippen LogP contribution in [0.15, 0.2) is 30.7 Å². The molecule has 30 heavy (non-hydrogen) atoms. The lowest BCUT2D eigenvalue weighted by Crippen LogP contribution is -2.33. The van der Waals surface area contributed by atoms with E-state index >= 15 is 0 Å². The molecule has 2 bridgehead atoms. The highest BCUT2D eigenvalue weighted by molar-refractivity contribution is 6.33. The maximum atomic E-state index is 12.6.